The maximum Gasteiger partial charge on any atom is 0.427 e. The lowest BCUT2D eigenvalue weighted by Crippen LogP contribution is -2.23. The van der Waals surface area contributed by atoms with E-state index in [0.29, 0.717) is 23.2 Å². The normalized spacial score (nSPS) is 22.7. The summed E-state index contributed by atoms with van der Waals surface area (Å²) in [7, 11) is 0. The lowest BCUT2D eigenvalue weighted by Gasteiger charge is -2.28. The zero-order chi connectivity index (χ0) is 25.9. The summed E-state index contributed by atoms with van der Waals surface area (Å²) in [5.41, 5.74) is 6.54. The maximum atomic E-state index is 11.7. The number of carbonyl (C=O) groups excluding carboxylic acids is 1. The number of hydrogen-bond donors (Lipinski definition) is 2. The Hall–Kier alpha value is -2.75. The summed E-state index contributed by atoms with van der Waals surface area (Å²) in [5.74, 6) is 2.25. The molecule has 0 radical (unpaired) electrons. The van der Waals surface area contributed by atoms with Crippen LogP contribution in [0.2, 0.25) is 5.02 Å². The number of aromatic nitrogens is 4. The highest BCUT2D eigenvalue weighted by Crippen LogP contribution is 2.37. The van der Waals surface area contributed by atoms with Gasteiger partial charge >= 0.3 is 6.09 Å². The van der Waals surface area contributed by atoms with E-state index in [2.05, 4.69) is 41.1 Å². The van der Waals surface area contributed by atoms with E-state index in [1.165, 1.54) is 25.7 Å². The summed E-state index contributed by atoms with van der Waals surface area (Å²) in [6.07, 6.45) is 8.75. The summed E-state index contributed by atoms with van der Waals surface area (Å²) in [6.45, 7) is 8.12. The molecule has 0 bridgehead atoms. The van der Waals surface area contributed by atoms with Gasteiger partial charge in [-0.25, -0.2) is 14.8 Å². The van der Waals surface area contributed by atoms with E-state index >= 15 is 0 Å². The number of carbonyl (C=O) groups is 1. The summed E-state index contributed by atoms with van der Waals surface area (Å²) in [5, 5.41) is 3.27. The Morgan fingerprint density at radius 3 is 2.68 bits per heavy atom. The number of imidazole rings is 1. The average molecular weight is 527 g/mol. The van der Waals surface area contributed by atoms with Crippen LogP contribution in [0.5, 0.6) is 0 Å². The van der Waals surface area contributed by atoms with Gasteiger partial charge in [-0.3, -0.25) is 10.3 Å². The van der Waals surface area contributed by atoms with Gasteiger partial charge in [0, 0.05) is 31.1 Å². The Kier molecular flexibility index (Phi) is 7.92. The van der Waals surface area contributed by atoms with Crippen molar-refractivity contribution in [1.29, 1.82) is 0 Å². The molecule has 10 heteroatoms. The zero-order valence-corrected chi connectivity index (χ0v) is 22.4. The van der Waals surface area contributed by atoms with Crippen molar-refractivity contribution >= 4 is 28.7 Å². The Labute approximate surface area is 222 Å². The highest BCUT2D eigenvalue weighted by Gasteiger charge is 2.30. The van der Waals surface area contributed by atoms with Gasteiger partial charge in [0.05, 0.1) is 27.4 Å². The Morgan fingerprint density at radius 1 is 1.19 bits per heavy atom. The summed E-state index contributed by atoms with van der Waals surface area (Å²) in [4.78, 5) is 31.1. The fourth-order valence-corrected chi connectivity index (χ4v) is 5.52. The Balaban J connectivity index is 1.69. The van der Waals surface area contributed by atoms with Crippen molar-refractivity contribution in [1.82, 2.24) is 30.3 Å². The largest absolute Gasteiger partial charge is 0.427 e. The third kappa shape index (κ3) is 5.58. The molecule has 1 aliphatic carbocycles. The molecule has 198 valence electrons. The van der Waals surface area contributed by atoms with Crippen LogP contribution in [0.15, 0.2) is 24.5 Å². The highest BCUT2D eigenvalue weighted by molar-refractivity contribution is 6.30. The first-order valence-corrected chi connectivity index (χ1v) is 13.7. The Bertz CT molecular complexity index is 1260. The third-order valence-corrected chi connectivity index (χ3v) is 7.54. The first-order valence-electron chi connectivity index (χ1n) is 13.3. The van der Waals surface area contributed by atoms with Crippen LogP contribution in [0.4, 0.5) is 4.79 Å². The van der Waals surface area contributed by atoms with Crippen molar-refractivity contribution < 1.29 is 14.4 Å². The van der Waals surface area contributed by atoms with Gasteiger partial charge < -0.3 is 14.1 Å². The van der Waals surface area contributed by atoms with Crippen LogP contribution < -0.4 is 10.8 Å². The highest BCUT2D eigenvalue weighted by atomic mass is 35.5. The number of halogens is 1. The van der Waals surface area contributed by atoms with E-state index in [-0.39, 0.29) is 6.10 Å². The fraction of sp³-hybridized carbons (Fsp3) is 0.556. The van der Waals surface area contributed by atoms with Gasteiger partial charge in [-0.2, -0.15) is 0 Å². The Morgan fingerprint density at radius 2 is 2.00 bits per heavy atom. The number of amides is 1. The van der Waals surface area contributed by atoms with E-state index in [1.54, 1.807) is 12.4 Å². The molecule has 4 heterocycles. The van der Waals surface area contributed by atoms with Crippen LogP contribution in [0.25, 0.3) is 22.3 Å². The number of nitrogens with zero attached hydrogens (tertiary/aromatic N) is 4. The second kappa shape index (κ2) is 11.3. The van der Waals surface area contributed by atoms with Crippen LogP contribution in [-0.4, -0.2) is 32.2 Å². The first kappa shape index (κ1) is 25.9. The van der Waals surface area contributed by atoms with Crippen molar-refractivity contribution in [3.63, 3.8) is 0 Å². The van der Waals surface area contributed by atoms with E-state index in [1.807, 2.05) is 12.1 Å². The molecule has 37 heavy (non-hydrogen) atoms. The van der Waals surface area contributed by atoms with Crippen molar-refractivity contribution in [3.8, 4) is 11.3 Å². The standard InChI is InChI=1S/C27H35ClN6O3/c1-4-10-36-22(5-2)26-31-20-12-21(25-32-27(35)37-33-25)30-23(18-11-19(28)14-29-13-18)24(20)34(26)15-17-8-6-16(3)7-9-17/h11-14,16-17,22,25,33H,4-10,15H2,1-3H3,(H,32,35). The van der Waals surface area contributed by atoms with Crippen molar-refractivity contribution in [2.45, 2.75) is 78.1 Å². The molecule has 1 aliphatic heterocycles. The minimum Gasteiger partial charge on any atom is -0.370 e. The lowest BCUT2D eigenvalue weighted by molar-refractivity contribution is 0.0415. The fourth-order valence-electron chi connectivity index (χ4n) is 5.34. The predicted octanol–water partition coefficient (Wildman–Crippen LogP) is 6.09. The molecule has 2 aliphatic rings. The molecule has 0 spiro atoms. The van der Waals surface area contributed by atoms with E-state index in [0.717, 1.165) is 53.4 Å². The number of hydrogen-bond acceptors (Lipinski definition) is 7. The lowest BCUT2D eigenvalue weighted by atomic mass is 9.83. The molecule has 5 rings (SSSR count). The number of fused-ring (bicyclic) bond motifs is 1. The van der Waals surface area contributed by atoms with Crippen LogP contribution in [-0.2, 0) is 16.1 Å². The molecule has 2 fully saturated rings. The average Bonchev–Trinajstić information content (AvgIpc) is 3.49. The smallest absolute Gasteiger partial charge is 0.370 e. The number of rotatable bonds is 9. The molecule has 2 N–H and O–H groups in total. The number of hydroxylamine groups is 1. The van der Waals surface area contributed by atoms with Crippen LogP contribution in [0.1, 0.15) is 83.1 Å². The molecule has 3 aromatic rings. The molecular formula is C27H35ClN6O3. The van der Waals surface area contributed by atoms with Gasteiger partial charge in [0.25, 0.3) is 0 Å². The van der Waals surface area contributed by atoms with Gasteiger partial charge in [0.2, 0.25) is 0 Å². The summed E-state index contributed by atoms with van der Waals surface area (Å²) in [6, 6.07) is 3.78. The molecule has 2 unspecified atom stereocenters. The molecule has 1 saturated carbocycles. The van der Waals surface area contributed by atoms with E-state index in [4.69, 9.17) is 31.1 Å². The van der Waals surface area contributed by atoms with Crippen LogP contribution in [0.3, 0.4) is 0 Å². The van der Waals surface area contributed by atoms with Gasteiger partial charge in [-0.15, -0.1) is 5.48 Å². The molecular weight excluding hydrogens is 492 g/mol. The van der Waals surface area contributed by atoms with Crippen molar-refractivity contribution in [2.24, 2.45) is 11.8 Å². The van der Waals surface area contributed by atoms with Gasteiger partial charge in [0.1, 0.15) is 11.9 Å². The van der Waals surface area contributed by atoms with E-state index < -0.39 is 12.3 Å². The quantitative estimate of drug-likeness (QED) is 0.347. The predicted molar refractivity (Wildman–Crippen MR) is 142 cm³/mol. The molecule has 3 aromatic heterocycles. The number of ether oxygens (including phenoxy) is 1. The number of nitrogens with one attached hydrogen (secondary N) is 2. The van der Waals surface area contributed by atoms with Crippen molar-refractivity contribution in [2.75, 3.05) is 6.61 Å². The topological polar surface area (TPSA) is 103 Å². The summed E-state index contributed by atoms with van der Waals surface area (Å²) < 4.78 is 8.61. The second-order valence-electron chi connectivity index (χ2n) is 10.2. The molecule has 9 nitrogen and oxygen atoms in total. The van der Waals surface area contributed by atoms with Crippen LogP contribution >= 0.6 is 11.6 Å². The maximum absolute atomic E-state index is 11.7. The van der Waals surface area contributed by atoms with E-state index in [9.17, 15) is 4.79 Å². The van der Waals surface area contributed by atoms with Gasteiger partial charge in [0.15, 0.2) is 6.17 Å². The third-order valence-electron chi connectivity index (χ3n) is 7.34. The zero-order valence-electron chi connectivity index (χ0n) is 21.7. The molecule has 1 amide bonds. The molecule has 1 saturated heterocycles. The van der Waals surface area contributed by atoms with Crippen LogP contribution in [0, 0.1) is 11.8 Å². The van der Waals surface area contributed by atoms with Crippen molar-refractivity contribution in [3.05, 3.63) is 41.1 Å². The molecule has 0 aromatic carbocycles. The van der Waals surface area contributed by atoms with Gasteiger partial charge in [-0.1, -0.05) is 45.2 Å². The minimum atomic E-state index is -0.588. The molecule has 2 atom stereocenters. The minimum absolute atomic E-state index is 0.128. The van der Waals surface area contributed by atoms with Gasteiger partial charge in [-0.05, 0) is 49.7 Å². The SMILES string of the molecule is CCCOC(CC)c1nc2cc(C3NOC(=O)N3)nc(-c3cncc(Cl)c3)c2n1CC1CCC(C)CC1. The summed E-state index contributed by atoms with van der Waals surface area (Å²) >= 11 is 6.35. The monoisotopic (exact) mass is 526 g/mol. The second-order valence-corrected chi connectivity index (χ2v) is 10.7. The number of pyridine rings is 2. The first-order chi connectivity index (χ1) is 18.0.